The molecule has 1 N–H and O–H groups in total. The number of aromatic hydroxyl groups is 1. The van der Waals surface area contributed by atoms with Crippen molar-refractivity contribution in [2.45, 2.75) is 68.3 Å². The lowest BCUT2D eigenvalue weighted by atomic mass is 10.0. The van der Waals surface area contributed by atoms with Gasteiger partial charge in [0.1, 0.15) is 28.8 Å². The van der Waals surface area contributed by atoms with Crippen LogP contribution in [0.5, 0.6) is 11.5 Å². The topological polar surface area (TPSA) is 72.6 Å². The minimum Gasteiger partial charge on any atom is -0.506 e. The molecular formula is C31H33NO4S. The van der Waals surface area contributed by atoms with E-state index < -0.39 is 5.63 Å². The van der Waals surface area contributed by atoms with E-state index in [-0.39, 0.29) is 10.6 Å². The quantitative estimate of drug-likeness (QED) is 0.267. The SMILES string of the molecule is C1CCCC1.CC(C)c1ccccc1Sc1c(O)cc(-c2ccc(OCc3cccnc3)cc2)oc1=O. The lowest BCUT2D eigenvalue weighted by Gasteiger charge is -2.12. The second-order valence-electron chi connectivity index (χ2n) is 9.35. The third-order valence-corrected chi connectivity index (χ3v) is 7.33. The van der Waals surface area contributed by atoms with Gasteiger partial charge < -0.3 is 14.3 Å². The van der Waals surface area contributed by atoms with Crippen LogP contribution in [0.2, 0.25) is 0 Å². The van der Waals surface area contributed by atoms with Gasteiger partial charge >= 0.3 is 5.63 Å². The molecule has 6 heteroatoms. The molecule has 2 heterocycles. The summed E-state index contributed by atoms with van der Waals surface area (Å²) in [6, 6.07) is 20.3. The Kier molecular flexibility index (Phi) is 9.44. The predicted molar refractivity (Wildman–Crippen MR) is 148 cm³/mol. The Morgan fingerprint density at radius 1 is 0.973 bits per heavy atom. The van der Waals surface area contributed by atoms with Gasteiger partial charge in [0.15, 0.2) is 0 Å². The fourth-order valence-electron chi connectivity index (χ4n) is 4.12. The maximum atomic E-state index is 12.7. The van der Waals surface area contributed by atoms with Crippen molar-refractivity contribution in [3.8, 4) is 22.8 Å². The molecule has 192 valence electrons. The van der Waals surface area contributed by atoms with Crippen molar-refractivity contribution >= 4 is 11.8 Å². The molecule has 1 fully saturated rings. The van der Waals surface area contributed by atoms with E-state index in [0.29, 0.717) is 29.6 Å². The molecule has 5 rings (SSSR count). The standard InChI is InChI=1S/C26H23NO4S.C5H10/c1-17(2)21-7-3-4-8-24(21)32-25-22(28)14-23(31-26(25)29)19-9-11-20(12-10-19)30-16-18-6-5-13-27-15-18;1-2-4-5-3-1/h3-15,17,28H,16H2,1-2H3;1-5H2. The van der Waals surface area contributed by atoms with Crippen LogP contribution in [0.25, 0.3) is 11.3 Å². The third-order valence-electron chi connectivity index (χ3n) is 6.16. The molecule has 37 heavy (non-hydrogen) atoms. The monoisotopic (exact) mass is 515 g/mol. The van der Waals surface area contributed by atoms with E-state index in [1.54, 1.807) is 36.7 Å². The number of rotatable bonds is 7. The van der Waals surface area contributed by atoms with Gasteiger partial charge in [-0.1, -0.05) is 82.0 Å². The minimum atomic E-state index is -0.569. The highest BCUT2D eigenvalue weighted by molar-refractivity contribution is 7.99. The van der Waals surface area contributed by atoms with Crippen molar-refractivity contribution in [3.63, 3.8) is 0 Å². The van der Waals surface area contributed by atoms with Gasteiger partial charge in [0.2, 0.25) is 0 Å². The Bertz CT molecular complexity index is 1320. The fraction of sp³-hybridized carbons (Fsp3) is 0.290. The molecule has 0 atom stereocenters. The molecule has 0 amide bonds. The van der Waals surface area contributed by atoms with E-state index in [9.17, 15) is 9.90 Å². The van der Waals surface area contributed by atoms with Crippen molar-refractivity contribution in [1.82, 2.24) is 4.98 Å². The van der Waals surface area contributed by atoms with Gasteiger partial charge in [-0.05, 0) is 47.9 Å². The van der Waals surface area contributed by atoms with Crippen LogP contribution in [-0.4, -0.2) is 10.1 Å². The molecule has 0 radical (unpaired) electrons. The Morgan fingerprint density at radius 3 is 2.30 bits per heavy atom. The molecule has 1 saturated carbocycles. The molecule has 0 aliphatic heterocycles. The summed E-state index contributed by atoms with van der Waals surface area (Å²) in [6.07, 6.45) is 11.0. The summed E-state index contributed by atoms with van der Waals surface area (Å²) in [5.74, 6) is 1.18. The summed E-state index contributed by atoms with van der Waals surface area (Å²) < 4.78 is 11.3. The van der Waals surface area contributed by atoms with Gasteiger partial charge in [-0.25, -0.2) is 4.79 Å². The Labute approximate surface area is 222 Å². The molecule has 2 aromatic carbocycles. The van der Waals surface area contributed by atoms with E-state index >= 15 is 0 Å². The number of benzene rings is 2. The van der Waals surface area contributed by atoms with E-state index in [0.717, 1.165) is 16.0 Å². The van der Waals surface area contributed by atoms with Crippen molar-refractivity contribution < 1.29 is 14.3 Å². The number of aromatic nitrogens is 1. The molecule has 1 aliphatic carbocycles. The first-order valence-electron chi connectivity index (χ1n) is 12.8. The molecule has 0 bridgehead atoms. The number of pyridine rings is 1. The van der Waals surface area contributed by atoms with Crippen molar-refractivity contribution in [1.29, 1.82) is 0 Å². The average molecular weight is 516 g/mol. The normalized spacial score (nSPS) is 12.7. The van der Waals surface area contributed by atoms with Gasteiger partial charge in [0.05, 0.1) is 0 Å². The van der Waals surface area contributed by atoms with Gasteiger partial charge in [0, 0.05) is 34.5 Å². The number of ether oxygens (including phenoxy) is 1. The predicted octanol–water partition coefficient (Wildman–Crippen LogP) is 8.21. The summed E-state index contributed by atoms with van der Waals surface area (Å²) in [6.45, 7) is 4.59. The summed E-state index contributed by atoms with van der Waals surface area (Å²) >= 11 is 1.23. The van der Waals surface area contributed by atoms with E-state index in [1.807, 2.05) is 36.4 Å². The molecule has 0 unspecified atom stereocenters. The molecule has 1 aliphatic rings. The lowest BCUT2D eigenvalue weighted by Crippen LogP contribution is -2.03. The Morgan fingerprint density at radius 2 is 1.68 bits per heavy atom. The van der Waals surface area contributed by atoms with Gasteiger partial charge in [-0.3, -0.25) is 4.98 Å². The van der Waals surface area contributed by atoms with Crippen molar-refractivity contribution in [3.05, 3.63) is 101 Å². The van der Waals surface area contributed by atoms with Crippen LogP contribution < -0.4 is 10.4 Å². The minimum absolute atomic E-state index is 0.100. The second-order valence-corrected chi connectivity index (χ2v) is 10.4. The summed E-state index contributed by atoms with van der Waals surface area (Å²) in [7, 11) is 0. The first kappa shape index (κ1) is 26.6. The number of hydrogen-bond donors (Lipinski definition) is 1. The van der Waals surface area contributed by atoms with E-state index in [4.69, 9.17) is 9.15 Å². The largest absolute Gasteiger partial charge is 0.506 e. The molecule has 4 aromatic rings. The van der Waals surface area contributed by atoms with Crippen LogP contribution in [0.4, 0.5) is 0 Å². The smallest absolute Gasteiger partial charge is 0.354 e. The van der Waals surface area contributed by atoms with E-state index in [2.05, 4.69) is 18.8 Å². The van der Waals surface area contributed by atoms with Crippen molar-refractivity contribution in [2.75, 3.05) is 0 Å². The number of hydrogen-bond acceptors (Lipinski definition) is 6. The van der Waals surface area contributed by atoms with Crippen LogP contribution in [0.15, 0.2) is 98.1 Å². The third kappa shape index (κ3) is 7.49. The maximum Gasteiger partial charge on any atom is 0.354 e. The molecule has 0 spiro atoms. The molecule has 0 saturated heterocycles. The molecular weight excluding hydrogens is 482 g/mol. The van der Waals surface area contributed by atoms with Crippen LogP contribution in [0.1, 0.15) is 63.0 Å². The van der Waals surface area contributed by atoms with Crippen LogP contribution in [0.3, 0.4) is 0 Å². The average Bonchev–Trinajstić information content (AvgIpc) is 3.51. The van der Waals surface area contributed by atoms with Gasteiger partial charge in [-0.15, -0.1) is 0 Å². The first-order chi connectivity index (χ1) is 18.0. The molecule has 2 aromatic heterocycles. The summed E-state index contributed by atoms with van der Waals surface area (Å²) in [5, 5.41) is 10.6. The summed E-state index contributed by atoms with van der Waals surface area (Å²) in [5.41, 5.74) is 2.19. The highest BCUT2D eigenvalue weighted by atomic mass is 32.2. The molecule has 5 nitrogen and oxygen atoms in total. The number of nitrogens with zero attached hydrogens (tertiary/aromatic N) is 1. The zero-order valence-electron chi connectivity index (χ0n) is 21.4. The summed E-state index contributed by atoms with van der Waals surface area (Å²) in [4.78, 5) is 17.8. The van der Waals surface area contributed by atoms with Crippen LogP contribution in [-0.2, 0) is 6.61 Å². The van der Waals surface area contributed by atoms with Crippen molar-refractivity contribution in [2.24, 2.45) is 0 Å². The maximum absolute atomic E-state index is 12.7. The van der Waals surface area contributed by atoms with Gasteiger partial charge in [-0.2, -0.15) is 0 Å². The Balaban J connectivity index is 0.000000572. The lowest BCUT2D eigenvalue weighted by molar-refractivity contribution is 0.306. The zero-order chi connectivity index (χ0) is 26.0. The van der Waals surface area contributed by atoms with Crippen LogP contribution >= 0.6 is 11.8 Å². The van der Waals surface area contributed by atoms with Gasteiger partial charge in [0.25, 0.3) is 0 Å². The second kappa shape index (κ2) is 13.2. The van der Waals surface area contributed by atoms with Crippen LogP contribution in [0, 0.1) is 0 Å². The first-order valence-corrected chi connectivity index (χ1v) is 13.6. The zero-order valence-corrected chi connectivity index (χ0v) is 22.2. The fourth-order valence-corrected chi connectivity index (χ4v) is 5.19. The highest BCUT2D eigenvalue weighted by Crippen LogP contribution is 2.37. The van der Waals surface area contributed by atoms with E-state index in [1.165, 1.54) is 49.9 Å². The Hall–Kier alpha value is -3.51. The highest BCUT2D eigenvalue weighted by Gasteiger charge is 2.16.